The zero-order chi connectivity index (χ0) is 10.8. The van der Waals surface area contributed by atoms with Gasteiger partial charge in [0.1, 0.15) is 0 Å². The Morgan fingerprint density at radius 1 is 1.36 bits per heavy atom. The Hall–Kier alpha value is -0.840. The third kappa shape index (κ3) is 3.14. The van der Waals surface area contributed by atoms with E-state index in [1.54, 1.807) is 6.92 Å². The van der Waals surface area contributed by atoms with Crippen LogP contribution in [0.2, 0.25) is 0 Å². The number of rotatable bonds is 2. The Kier molecular flexibility index (Phi) is 3.31. The summed E-state index contributed by atoms with van der Waals surface area (Å²) < 4.78 is 36.2. The van der Waals surface area contributed by atoms with E-state index < -0.39 is 11.9 Å². The molecule has 0 aromatic carbocycles. The maximum absolute atomic E-state index is 12.1. The third-order valence-corrected chi connectivity index (χ3v) is 1.65. The van der Waals surface area contributed by atoms with E-state index in [1.165, 1.54) is 6.07 Å². The molecule has 0 N–H and O–H groups in total. The third-order valence-electron chi connectivity index (χ3n) is 1.50. The van der Waals surface area contributed by atoms with Gasteiger partial charge in [0.15, 0.2) is 5.69 Å². The first-order valence-corrected chi connectivity index (χ1v) is 4.37. The predicted molar refractivity (Wildman–Crippen MR) is 46.1 cm³/mol. The highest BCUT2D eigenvalue weighted by Crippen LogP contribution is 2.26. The quantitative estimate of drug-likeness (QED) is 0.722. The van der Waals surface area contributed by atoms with Gasteiger partial charge >= 0.3 is 6.18 Å². The molecule has 0 aliphatic rings. The van der Waals surface area contributed by atoms with E-state index in [0.717, 1.165) is 6.07 Å². The minimum Gasteiger partial charge on any atom is -0.164 e. The van der Waals surface area contributed by atoms with E-state index in [1.807, 2.05) is 0 Å². The maximum Gasteiger partial charge on any atom is 0.435 e. The van der Waals surface area contributed by atoms with Gasteiger partial charge < -0.3 is 0 Å². The summed E-state index contributed by atoms with van der Waals surface area (Å²) >= 11 is 5.65. The molecule has 2 nitrogen and oxygen atoms in total. The van der Waals surface area contributed by atoms with Crippen LogP contribution in [-0.2, 0) is 12.6 Å². The van der Waals surface area contributed by atoms with Gasteiger partial charge in [0.05, 0.1) is 5.69 Å². The van der Waals surface area contributed by atoms with Crippen molar-refractivity contribution in [3.8, 4) is 0 Å². The van der Waals surface area contributed by atoms with Crippen LogP contribution in [-0.4, -0.2) is 15.6 Å². The molecule has 0 saturated heterocycles. The second-order valence-corrected chi connectivity index (χ2v) is 3.64. The molecule has 1 atom stereocenters. The van der Waals surface area contributed by atoms with Crippen LogP contribution in [0.3, 0.4) is 0 Å². The molecule has 0 saturated carbocycles. The standard InChI is InChI=1S/C8H8ClF3N2/c1-5(9)4-6-2-3-7(14-13-6)8(10,11)12/h2-3,5H,4H2,1H3. The SMILES string of the molecule is CC(Cl)Cc1ccc(C(F)(F)F)nn1. The first-order valence-electron chi connectivity index (χ1n) is 3.93. The van der Waals surface area contributed by atoms with Crippen LogP contribution >= 0.6 is 11.6 Å². The summed E-state index contributed by atoms with van der Waals surface area (Å²) in [7, 11) is 0. The molecule has 0 spiro atoms. The largest absolute Gasteiger partial charge is 0.435 e. The zero-order valence-corrected chi connectivity index (χ0v) is 8.10. The van der Waals surface area contributed by atoms with E-state index in [-0.39, 0.29) is 5.38 Å². The number of hydrogen-bond donors (Lipinski definition) is 0. The summed E-state index contributed by atoms with van der Waals surface area (Å²) in [5.74, 6) is 0. The van der Waals surface area contributed by atoms with Crippen LogP contribution < -0.4 is 0 Å². The van der Waals surface area contributed by atoms with Gasteiger partial charge in [0.25, 0.3) is 0 Å². The summed E-state index contributed by atoms with van der Waals surface area (Å²) in [6.07, 6.45) is -4.02. The summed E-state index contributed by atoms with van der Waals surface area (Å²) in [6.45, 7) is 1.74. The molecule has 0 bridgehead atoms. The molecule has 78 valence electrons. The van der Waals surface area contributed by atoms with Crippen molar-refractivity contribution in [1.29, 1.82) is 0 Å². The normalized spacial score (nSPS) is 14.1. The molecule has 1 unspecified atom stereocenters. The average molecular weight is 225 g/mol. The Labute approximate surface area is 84.1 Å². The van der Waals surface area contributed by atoms with Crippen LogP contribution in [0.5, 0.6) is 0 Å². The van der Waals surface area contributed by atoms with Crippen molar-refractivity contribution in [2.45, 2.75) is 24.9 Å². The van der Waals surface area contributed by atoms with E-state index in [4.69, 9.17) is 11.6 Å². The van der Waals surface area contributed by atoms with Crippen molar-refractivity contribution in [1.82, 2.24) is 10.2 Å². The van der Waals surface area contributed by atoms with Crippen molar-refractivity contribution in [3.63, 3.8) is 0 Å². The summed E-state index contributed by atoms with van der Waals surface area (Å²) in [5.41, 5.74) is -0.524. The van der Waals surface area contributed by atoms with E-state index in [2.05, 4.69) is 10.2 Å². The van der Waals surface area contributed by atoms with Crippen LogP contribution in [0, 0.1) is 0 Å². The molecule has 1 rings (SSSR count). The lowest BCUT2D eigenvalue weighted by Gasteiger charge is -2.05. The highest BCUT2D eigenvalue weighted by atomic mass is 35.5. The summed E-state index contributed by atoms with van der Waals surface area (Å²) in [6, 6.07) is 2.19. The fraction of sp³-hybridized carbons (Fsp3) is 0.500. The first-order chi connectivity index (χ1) is 6.39. The number of aromatic nitrogens is 2. The molecule has 1 aromatic rings. The second-order valence-electron chi connectivity index (χ2n) is 2.89. The second kappa shape index (κ2) is 4.13. The number of halogens is 4. The zero-order valence-electron chi connectivity index (χ0n) is 7.35. The van der Waals surface area contributed by atoms with E-state index in [9.17, 15) is 13.2 Å². The van der Waals surface area contributed by atoms with Crippen LogP contribution in [0.15, 0.2) is 12.1 Å². The fourth-order valence-corrected chi connectivity index (χ4v) is 1.07. The van der Waals surface area contributed by atoms with Gasteiger partial charge in [-0.15, -0.1) is 16.7 Å². The lowest BCUT2D eigenvalue weighted by molar-refractivity contribution is -0.141. The molecule has 1 heterocycles. The lowest BCUT2D eigenvalue weighted by atomic mass is 10.2. The summed E-state index contributed by atoms with van der Waals surface area (Å²) in [4.78, 5) is 0. The molecule has 6 heteroatoms. The van der Waals surface area contributed by atoms with Crippen molar-refractivity contribution < 1.29 is 13.2 Å². The van der Waals surface area contributed by atoms with Gasteiger partial charge in [0, 0.05) is 11.8 Å². The van der Waals surface area contributed by atoms with Crippen molar-refractivity contribution in [3.05, 3.63) is 23.5 Å². The smallest absolute Gasteiger partial charge is 0.164 e. The Morgan fingerprint density at radius 3 is 2.36 bits per heavy atom. The highest BCUT2D eigenvalue weighted by Gasteiger charge is 2.32. The summed E-state index contributed by atoms with van der Waals surface area (Å²) in [5, 5.41) is 6.33. The molecule has 0 aliphatic heterocycles. The minimum absolute atomic E-state index is 0.166. The van der Waals surface area contributed by atoms with Gasteiger partial charge in [-0.2, -0.15) is 18.3 Å². The minimum atomic E-state index is -4.43. The Morgan fingerprint density at radius 2 is 2.00 bits per heavy atom. The van der Waals surface area contributed by atoms with Crippen LogP contribution in [0.4, 0.5) is 13.2 Å². The van der Waals surface area contributed by atoms with E-state index in [0.29, 0.717) is 12.1 Å². The van der Waals surface area contributed by atoms with E-state index >= 15 is 0 Å². The molecular weight excluding hydrogens is 217 g/mol. The molecule has 14 heavy (non-hydrogen) atoms. The lowest BCUT2D eigenvalue weighted by Crippen LogP contribution is -2.10. The van der Waals surface area contributed by atoms with Gasteiger partial charge in [-0.25, -0.2) is 0 Å². The highest BCUT2D eigenvalue weighted by molar-refractivity contribution is 6.20. The van der Waals surface area contributed by atoms with Gasteiger partial charge in [0.2, 0.25) is 0 Å². The number of nitrogens with zero attached hydrogens (tertiary/aromatic N) is 2. The number of hydrogen-bond acceptors (Lipinski definition) is 2. The topological polar surface area (TPSA) is 25.8 Å². The maximum atomic E-state index is 12.1. The van der Waals surface area contributed by atoms with Gasteiger partial charge in [-0.3, -0.25) is 0 Å². The van der Waals surface area contributed by atoms with Crippen LogP contribution in [0.1, 0.15) is 18.3 Å². The van der Waals surface area contributed by atoms with Crippen molar-refractivity contribution >= 4 is 11.6 Å². The molecule has 1 aromatic heterocycles. The molecule has 0 radical (unpaired) electrons. The Bertz CT molecular complexity index is 294. The van der Waals surface area contributed by atoms with Gasteiger partial charge in [-0.05, 0) is 19.1 Å². The monoisotopic (exact) mass is 224 g/mol. The molecular formula is C8H8ClF3N2. The first kappa shape index (κ1) is 11.2. The average Bonchev–Trinajstić information content (AvgIpc) is 2.02. The fourth-order valence-electron chi connectivity index (χ4n) is 0.908. The Balaban J connectivity index is 2.79. The molecule has 0 amide bonds. The van der Waals surface area contributed by atoms with Crippen LogP contribution in [0.25, 0.3) is 0 Å². The molecule has 0 fully saturated rings. The number of alkyl halides is 4. The molecule has 0 aliphatic carbocycles. The van der Waals surface area contributed by atoms with Gasteiger partial charge in [-0.1, -0.05) is 0 Å². The predicted octanol–water partition coefficient (Wildman–Crippen LogP) is 2.67. The van der Waals surface area contributed by atoms with Crippen molar-refractivity contribution in [2.75, 3.05) is 0 Å². The van der Waals surface area contributed by atoms with Crippen molar-refractivity contribution in [2.24, 2.45) is 0 Å².